The summed E-state index contributed by atoms with van der Waals surface area (Å²) in [4.78, 5) is 40.0. The van der Waals surface area contributed by atoms with Crippen LogP contribution in [0.3, 0.4) is 0 Å². The highest BCUT2D eigenvalue weighted by Gasteiger charge is 2.39. The molecule has 2 heterocycles. The van der Waals surface area contributed by atoms with Crippen LogP contribution in [0.25, 0.3) is 0 Å². The number of amides is 3. The summed E-state index contributed by atoms with van der Waals surface area (Å²) in [5.41, 5.74) is 0. The van der Waals surface area contributed by atoms with Crippen LogP contribution in [0.2, 0.25) is 0 Å². The summed E-state index contributed by atoms with van der Waals surface area (Å²) in [6, 6.07) is -0.218. The number of urea groups is 1. The molecule has 7 heteroatoms. The molecule has 0 spiro atoms. The minimum absolute atomic E-state index is 0.0539. The number of likely N-dealkylation sites (tertiary alicyclic amines) is 1. The van der Waals surface area contributed by atoms with Crippen LogP contribution in [0.4, 0.5) is 4.79 Å². The quantitative estimate of drug-likeness (QED) is 0.730. The van der Waals surface area contributed by atoms with Crippen molar-refractivity contribution in [2.45, 2.75) is 13.3 Å². The van der Waals surface area contributed by atoms with Crippen LogP contribution in [-0.2, 0) is 9.59 Å². The van der Waals surface area contributed by atoms with E-state index < -0.39 is 11.9 Å². The number of aliphatic carboxylic acids is 1. The Labute approximate surface area is 118 Å². The lowest BCUT2D eigenvalue weighted by Gasteiger charge is -2.26. The molecule has 2 saturated heterocycles. The highest BCUT2D eigenvalue weighted by atomic mass is 16.4. The van der Waals surface area contributed by atoms with Crippen LogP contribution in [0.5, 0.6) is 0 Å². The second kappa shape index (κ2) is 5.68. The van der Waals surface area contributed by atoms with E-state index in [1.807, 2.05) is 6.92 Å². The molecule has 0 unspecified atom stereocenters. The molecule has 2 atom stereocenters. The predicted octanol–water partition coefficient (Wildman–Crippen LogP) is -0.0770. The van der Waals surface area contributed by atoms with Crippen molar-refractivity contribution in [2.75, 3.05) is 39.8 Å². The smallest absolute Gasteiger partial charge is 0.320 e. The van der Waals surface area contributed by atoms with Crippen molar-refractivity contribution in [3.63, 3.8) is 0 Å². The molecule has 0 aromatic carbocycles. The molecule has 112 valence electrons. The number of rotatable bonds is 1. The number of carboxylic acid groups (broad SMARTS) is 1. The largest absolute Gasteiger partial charge is 0.481 e. The zero-order valence-electron chi connectivity index (χ0n) is 11.9. The third-order valence-corrected chi connectivity index (χ3v) is 4.14. The van der Waals surface area contributed by atoms with Gasteiger partial charge in [0.15, 0.2) is 0 Å². The zero-order valence-corrected chi connectivity index (χ0v) is 11.9. The maximum atomic E-state index is 12.4. The van der Waals surface area contributed by atoms with E-state index in [-0.39, 0.29) is 30.9 Å². The van der Waals surface area contributed by atoms with Gasteiger partial charge in [-0.15, -0.1) is 0 Å². The molecule has 7 nitrogen and oxygen atoms in total. The molecular weight excluding hydrogens is 262 g/mol. The van der Waals surface area contributed by atoms with Crippen molar-refractivity contribution < 1.29 is 19.5 Å². The summed E-state index contributed by atoms with van der Waals surface area (Å²) in [6.45, 7) is 3.78. The Balaban J connectivity index is 2.01. The first-order chi connectivity index (χ1) is 9.40. The van der Waals surface area contributed by atoms with Crippen LogP contribution in [0, 0.1) is 11.8 Å². The monoisotopic (exact) mass is 283 g/mol. The lowest BCUT2D eigenvalue weighted by atomic mass is 9.99. The van der Waals surface area contributed by atoms with E-state index in [1.165, 1.54) is 4.90 Å². The van der Waals surface area contributed by atoms with E-state index in [0.717, 1.165) is 6.42 Å². The molecule has 3 amide bonds. The normalized spacial score (nSPS) is 27.7. The van der Waals surface area contributed by atoms with Crippen LogP contribution in [-0.4, -0.2) is 77.5 Å². The van der Waals surface area contributed by atoms with Crippen LogP contribution < -0.4 is 0 Å². The summed E-state index contributed by atoms with van der Waals surface area (Å²) in [5, 5.41) is 9.10. The Morgan fingerprint density at radius 1 is 1.20 bits per heavy atom. The molecular formula is C13H21N3O4. The van der Waals surface area contributed by atoms with Gasteiger partial charge < -0.3 is 19.8 Å². The Bertz CT molecular complexity index is 426. The fourth-order valence-corrected chi connectivity index (χ4v) is 2.79. The molecule has 2 rings (SSSR count). The SMILES string of the molecule is C[C@@H]1CN(C(=O)N2CCCN(C)C(=O)C2)C[C@H]1C(=O)O. The molecule has 1 N–H and O–H groups in total. The molecule has 0 bridgehead atoms. The Kier molecular flexibility index (Phi) is 4.15. The molecule has 0 radical (unpaired) electrons. The van der Waals surface area contributed by atoms with Gasteiger partial charge in [-0.3, -0.25) is 9.59 Å². The van der Waals surface area contributed by atoms with Crippen molar-refractivity contribution in [1.82, 2.24) is 14.7 Å². The predicted molar refractivity (Wildman–Crippen MR) is 71.1 cm³/mol. The number of nitrogens with zero attached hydrogens (tertiary/aromatic N) is 3. The Hall–Kier alpha value is -1.79. The molecule has 2 fully saturated rings. The van der Waals surface area contributed by atoms with E-state index in [2.05, 4.69) is 0 Å². The first-order valence-electron chi connectivity index (χ1n) is 6.90. The third kappa shape index (κ3) is 2.86. The van der Waals surface area contributed by atoms with Gasteiger partial charge in [-0.25, -0.2) is 4.79 Å². The first-order valence-corrected chi connectivity index (χ1v) is 6.90. The standard InChI is InChI=1S/C13H21N3O4/c1-9-6-16(7-10(9)12(18)19)13(20)15-5-3-4-14(2)11(17)8-15/h9-10H,3-8H2,1-2H3,(H,18,19)/t9-,10-/m1/s1. The average molecular weight is 283 g/mol. The first kappa shape index (κ1) is 14.6. The summed E-state index contributed by atoms with van der Waals surface area (Å²) >= 11 is 0. The summed E-state index contributed by atoms with van der Waals surface area (Å²) < 4.78 is 0. The number of carbonyl (C=O) groups is 3. The van der Waals surface area contributed by atoms with Crippen LogP contribution in [0.15, 0.2) is 0 Å². The van der Waals surface area contributed by atoms with Gasteiger partial charge in [0, 0.05) is 33.2 Å². The minimum atomic E-state index is -0.862. The van der Waals surface area contributed by atoms with Gasteiger partial charge in [-0.2, -0.15) is 0 Å². The van der Waals surface area contributed by atoms with E-state index in [0.29, 0.717) is 19.6 Å². The number of carbonyl (C=O) groups excluding carboxylic acids is 2. The second-order valence-corrected chi connectivity index (χ2v) is 5.70. The minimum Gasteiger partial charge on any atom is -0.481 e. The van der Waals surface area contributed by atoms with Gasteiger partial charge in [0.2, 0.25) is 5.91 Å². The number of carboxylic acids is 1. The lowest BCUT2D eigenvalue weighted by Crippen LogP contribution is -2.45. The van der Waals surface area contributed by atoms with Crippen molar-refractivity contribution in [3.05, 3.63) is 0 Å². The zero-order chi connectivity index (χ0) is 14.9. The number of hydrogen-bond donors (Lipinski definition) is 1. The summed E-state index contributed by atoms with van der Waals surface area (Å²) in [7, 11) is 1.73. The van der Waals surface area contributed by atoms with Gasteiger partial charge in [-0.05, 0) is 12.3 Å². The molecule has 0 saturated carbocycles. The number of likely N-dealkylation sites (N-methyl/N-ethyl adjacent to an activating group) is 1. The molecule has 20 heavy (non-hydrogen) atoms. The van der Waals surface area contributed by atoms with Crippen molar-refractivity contribution >= 4 is 17.9 Å². The fraction of sp³-hybridized carbons (Fsp3) is 0.769. The summed E-state index contributed by atoms with van der Waals surface area (Å²) in [6.07, 6.45) is 0.750. The molecule has 0 aromatic heterocycles. The van der Waals surface area contributed by atoms with Crippen molar-refractivity contribution in [3.8, 4) is 0 Å². The van der Waals surface area contributed by atoms with Crippen molar-refractivity contribution in [2.24, 2.45) is 11.8 Å². The van der Waals surface area contributed by atoms with E-state index >= 15 is 0 Å². The second-order valence-electron chi connectivity index (χ2n) is 5.70. The van der Waals surface area contributed by atoms with Crippen molar-refractivity contribution in [1.29, 1.82) is 0 Å². The van der Waals surface area contributed by atoms with Gasteiger partial charge in [0.25, 0.3) is 0 Å². The Morgan fingerprint density at radius 2 is 1.90 bits per heavy atom. The van der Waals surface area contributed by atoms with E-state index in [9.17, 15) is 14.4 Å². The maximum absolute atomic E-state index is 12.4. The topological polar surface area (TPSA) is 81.2 Å². The molecule has 2 aliphatic heterocycles. The highest BCUT2D eigenvalue weighted by molar-refractivity contribution is 5.85. The summed E-state index contributed by atoms with van der Waals surface area (Å²) in [5.74, 6) is -1.50. The van der Waals surface area contributed by atoms with Gasteiger partial charge >= 0.3 is 12.0 Å². The fourth-order valence-electron chi connectivity index (χ4n) is 2.79. The number of hydrogen-bond acceptors (Lipinski definition) is 3. The molecule has 2 aliphatic rings. The van der Waals surface area contributed by atoms with E-state index in [4.69, 9.17) is 5.11 Å². The maximum Gasteiger partial charge on any atom is 0.320 e. The third-order valence-electron chi connectivity index (χ3n) is 4.14. The van der Waals surface area contributed by atoms with Crippen LogP contribution in [0.1, 0.15) is 13.3 Å². The lowest BCUT2D eigenvalue weighted by molar-refractivity contribution is -0.142. The average Bonchev–Trinajstić information content (AvgIpc) is 2.70. The highest BCUT2D eigenvalue weighted by Crippen LogP contribution is 2.24. The Morgan fingerprint density at radius 3 is 2.50 bits per heavy atom. The molecule has 0 aliphatic carbocycles. The van der Waals surface area contributed by atoms with Gasteiger partial charge in [0.1, 0.15) is 6.54 Å². The van der Waals surface area contributed by atoms with E-state index in [1.54, 1.807) is 16.8 Å². The molecule has 0 aromatic rings. The van der Waals surface area contributed by atoms with Gasteiger partial charge in [-0.1, -0.05) is 6.92 Å². The van der Waals surface area contributed by atoms with Crippen LogP contribution >= 0.6 is 0 Å². The van der Waals surface area contributed by atoms with Gasteiger partial charge in [0.05, 0.1) is 5.92 Å².